The molecular formula is C20H20F6N2O2. The van der Waals surface area contributed by atoms with Gasteiger partial charge in [0.25, 0.3) is 0 Å². The fraction of sp³-hybridized carbons (Fsp3) is 0.350. The number of nitrogens with zero attached hydrogens (tertiary/aromatic N) is 1. The second-order valence-electron chi connectivity index (χ2n) is 6.74. The predicted octanol–water partition coefficient (Wildman–Crippen LogP) is 5.29. The summed E-state index contributed by atoms with van der Waals surface area (Å²) < 4.78 is 84.2. The number of carbonyl (C=O) groups is 1. The Hall–Kier alpha value is -2.91. The van der Waals surface area contributed by atoms with E-state index in [0.717, 1.165) is 10.2 Å². The molecule has 0 unspecified atom stereocenters. The van der Waals surface area contributed by atoms with Gasteiger partial charge >= 0.3 is 18.4 Å². The molecule has 0 radical (unpaired) electrons. The maximum absolute atomic E-state index is 13.2. The number of hydrogen-bond donors (Lipinski definition) is 1. The van der Waals surface area contributed by atoms with Gasteiger partial charge in [-0.15, -0.1) is 0 Å². The van der Waals surface area contributed by atoms with Crippen LogP contribution < -0.4 is 10.1 Å². The average Bonchev–Trinajstić information content (AvgIpc) is 2.67. The van der Waals surface area contributed by atoms with Gasteiger partial charge in [0.2, 0.25) is 5.54 Å². The van der Waals surface area contributed by atoms with Gasteiger partial charge in [0.15, 0.2) is 0 Å². The number of alkyl halides is 6. The van der Waals surface area contributed by atoms with Crippen molar-refractivity contribution in [1.82, 2.24) is 10.2 Å². The van der Waals surface area contributed by atoms with Gasteiger partial charge in [0.05, 0.1) is 7.11 Å². The van der Waals surface area contributed by atoms with Crippen molar-refractivity contribution in [2.24, 2.45) is 0 Å². The molecule has 0 saturated carbocycles. The van der Waals surface area contributed by atoms with Crippen molar-refractivity contribution < 1.29 is 35.9 Å². The fourth-order valence-electron chi connectivity index (χ4n) is 2.55. The number of amides is 2. The SMILES string of the molecule is COc1ccc(CN(Cc2ccccc2)C(=O)NC(C)(C(F)(F)F)C(F)(F)F)cc1. The van der Waals surface area contributed by atoms with Crippen molar-refractivity contribution in [3.63, 3.8) is 0 Å². The Kier molecular flexibility index (Phi) is 6.89. The van der Waals surface area contributed by atoms with E-state index < -0.39 is 23.9 Å². The third-order valence-electron chi connectivity index (χ3n) is 4.53. The summed E-state index contributed by atoms with van der Waals surface area (Å²) in [4.78, 5) is 13.5. The summed E-state index contributed by atoms with van der Waals surface area (Å²) in [7, 11) is 1.44. The van der Waals surface area contributed by atoms with E-state index >= 15 is 0 Å². The average molecular weight is 434 g/mol. The van der Waals surface area contributed by atoms with Gasteiger partial charge in [-0.05, 0) is 30.2 Å². The summed E-state index contributed by atoms with van der Waals surface area (Å²) in [6.07, 6.45) is -11.5. The monoisotopic (exact) mass is 434 g/mol. The molecule has 0 aliphatic carbocycles. The third-order valence-corrected chi connectivity index (χ3v) is 4.53. The lowest BCUT2D eigenvalue weighted by molar-refractivity contribution is -0.298. The Morgan fingerprint density at radius 2 is 1.33 bits per heavy atom. The molecule has 2 aromatic rings. The highest BCUT2D eigenvalue weighted by Crippen LogP contribution is 2.42. The van der Waals surface area contributed by atoms with E-state index in [4.69, 9.17) is 4.74 Å². The number of nitrogens with one attached hydrogen (secondary N) is 1. The van der Waals surface area contributed by atoms with E-state index in [2.05, 4.69) is 0 Å². The molecule has 0 saturated heterocycles. The molecule has 0 aliphatic rings. The molecule has 0 aliphatic heterocycles. The van der Waals surface area contributed by atoms with Crippen LogP contribution in [-0.2, 0) is 13.1 Å². The van der Waals surface area contributed by atoms with E-state index in [1.165, 1.54) is 7.11 Å². The Balaban J connectivity index is 2.33. The molecule has 10 heteroatoms. The maximum atomic E-state index is 13.2. The molecule has 30 heavy (non-hydrogen) atoms. The summed E-state index contributed by atoms with van der Waals surface area (Å²) in [6.45, 7) is -0.500. The van der Waals surface area contributed by atoms with Crippen LogP contribution in [0.2, 0.25) is 0 Å². The van der Waals surface area contributed by atoms with Crippen LogP contribution in [0.4, 0.5) is 31.1 Å². The molecule has 0 fully saturated rings. The van der Waals surface area contributed by atoms with E-state index in [0.29, 0.717) is 16.9 Å². The van der Waals surface area contributed by atoms with E-state index in [1.54, 1.807) is 54.6 Å². The van der Waals surface area contributed by atoms with Crippen LogP contribution in [0.5, 0.6) is 5.75 Å². The highest BCUT2D eigenvalue weighted by molar-refractivity contribution is 5.75. The van der Waals surface area contributed by atoms with Gasteiger partial charge in [0.1, 0.15) is 5.75 Å². The zero-order chi connectivity index (χ0) is 22.6. The number of methoxy groups -OCH3 is 1. The molecule has 4 nitrogen and oxygen atoms in total. The minimum atomic E-state index is -5.74. The van der Waals surface area contributed by atoms with E-state index in [-0.39, 0.29) is 20.0 Å². The van der Waals surface area contributed by atoms with Crippen LogP contribution in [0.25, 0.3) is 0 Å². The number of ether oxygens (including phenoxy) is 1. The molecule has 0 bridgehead atoms. The first-order valence-corrected chi connectivity index (χ1v) is 8.75. The second-order valence-corrected chi connectivity index (χ2v) is 6.74. The first-order chi connectivity index (χ1) is 13.9. The quantitative estimate of drug-likeness (QED) is 0.628. The highest BCUT2D eigenvalue weighted by Gasteiger charge is 2.68. The third kappa shape index (κ3) is 5.37. The van der Waals surface area contributed by atoms with Crippen LogP contribution in [0.15, 0.2) is 54.6 Å². The van der Waals surface area contributed by atoms with Crippen LogP contribution in [0, 0.1) is 0 Å². The minimum Gasteiger partial charge on any atom is -0.497 e. The number of hydrogen-bond acceptors (Lipinski definition) is 2. The number of benzene rings is 2. The lowest BCUT2D eigenvalue weighted by Gasteiger charge is -2.36. The first-order valence-electron chi connectivity index (χ1n) is 8.75. The molecular weight excluding hydrogens is 414 g/mol. The fourth-order valence-corrected chi connectivity index (χ4v) is 2.55. The molecule has 2 aromatic carbocycles. The molecule has 2 amide bonds. The summed E-state index contributed by atoms with van der Waals surface area (Å²) >= 11 is 0. The zero-order valence-corrected chi connectivity index (χ0v) is 16.1. The van der Waals surface area contributed by atoms with Crippen molar-refractivity contribution in [2.75, 3.05) is 7.11 Å². The van der Waals surface area contributed by atoms with Crippen LogP contribution in [-0.4, -0.2) is 35.9 Å². The molecule has 0 atom stereocenters. The summed E-state index contributed by atoms with van der Waals surface area (Å²) in [5.74, 6) is 0.513. The van der Waals surface area contributed by atoms with Crippen molar-refractivity contribution in [3.8, 4) is 5.75 Å². The van der Waals surface area contributed by atoms with Crippen molar-refractivity contribution in [1.29, 1.82) is 0 Å². The number of rotatable bonds is 6. The smallest absolute Gasteiger partial charge is 0.420 e. The Labute approximate surface area is 169 Å². The van der Waals surface area contributed by atoms with Gasteiger partial charge in [0, 0.05) is 13.1 Å². The molecule has 164 valence electrons. The maximum Gasteiger partial charge on any atom is 0.420 e. The highest BCUT2D eigenvalue weighted by atomic mass is 19.4. The van der Waals surface area contributed by atoms with Crippen molar-refractivity contribution in [3.05, 3.63) is 65.7 Å². The number of halogens is 6. The van der Waals surface area contributed by atoms with Gasteiger partial charge in [-0.25, -0.2) is 4.79 Å². The van der Waals surface area contributed by atoms with Gasteiger partial charge in [-0.2, -0.15) is 26.3 Å². The summed E-state index contributed by atoms with van der Waals surface area (Å²) in [5.41, 5.74) is -3.35. The molecule has 1 N–H and O–H groups in total. The second kappa shape index (κ2) is 8.85. The van der Waals surface area contributed by atoms with Crippen LogP contribution in [0.3, 0.4) is 0 Å². The molecule has 0 heterocycles. The molecule has 0 aromatic heterocycles. The largest absolute Gasteiger partial charge is 0.497 e. The standard InChI is InChI=1S/C20H20F6N2O2/c1-18(19(21,22)23,20(24,25)26)27-17(29)28(12-14-6-4-3-5-7-14)13-15-8-10-16(30-2)11-9-15/h3-11H,12-13H2,1-2H3,(H,27,29). The summed E-state index contributed by atoms with van der Waals surface area (Å²) in [5, 5.41) is 1.15. The van der Waals surface area contributed by atoms with Crippen LogP contribution in [0.1, 0.15) is 18.1 Å². The predicted molar refractivity (Wildman–Crippen MR) is 97.7 cm³/mol. The van der Waals surface area contributed by atoms with E-state index in [9.17, 15) is 31.1 Å². The number of urea groups is 1. The van der Waals surface area contributed by atoms with Crippen molar-refractivity contribution >= 4 is 6.03 Å². The molecule has 0 spiro atoms. The topological polar surface area (TPSA) is 41.6 Å². The van der Waals surface area contributed by atoms with Crippen LogP contribution >= 0.6 is 0 Å². The zero-order valence-electron chi connectivity index (χ0n) is 16.1. The lowest BCUT2D eigenvalue weighted by atomic mass is 10.0. The first kappa shape index (κ1) is 23.4. The Morgan fingerprint density at radius 3 is 1.77 bits per heavy atom. The lowest BCUT2D eigenvalue weighted by Crippen LogP contribution is -2.67. The summed E-state index contributed by atoms with van der Waals surface area (Å²) in [6, 6.07) is 13.0. The van der Waals surface area contributed by atoms with Gasteiger partial charge in [-0.3, -0.25) is 0 Å². The van der Waals surface area contributed by atoms with E-state index in [1.807, 2.05) is 0 Å². The number of carbonyl (C=O) groups excluding carboxylic acids is 1. The minimum absolute atomic E-state index is 0.0982. The Bertz CT molecular complexity index is 821. The normalized spacial score (nSPS) is 12.4. The molecule has 2 rings (SSSR count). The Morgan fingerprint density at radius 1 is 0.867 bits per heavy atom. The van der Waals surface area contributed by atoms with Gasteiger partial charge in [-0.1, -0.05) is 42.5 Å². The van der Waals surface area contributed by atoms with Crippen molar-refractivity contribution in [2.45, 2.75) is 37.9 Å². The van der Waals surface area contributed by atoms with Gasteiger partial charge < -0.3 is 15.0 Å².